The first-order chi connectivity index (χ1) is 12.4. The summed E-state index contributed by atoms with van der Waals surface area (Å²) < 4.78 is 6.47. The summed E-state index contributed by atoms with van der Waals surface area (Å²) in [7, 11) is 0. The quantitative estimate of drug-likeness (QED) is 0.508. The maximum absolute atomic E-state index is 10.6. The van der Waals surface area contributed by atoms with Crippen LogP contribution in [-0.4, -0.2) is 10.7 Å². The highest BCUT2D eigenvalue weighted by Crippen LogP contribution is 2.55. The molecule has 1 N–H and O–H groups in total. The van der Waals surface area contributed by atoms with E-state index in [0.717, 1.165) is 42.4 Å². The van der Waals surface area contributed by atoms with Crippen LogP contribution in [0.4, 0.5) is 0 Å². The summed E-state index contributed by atoms with van der Waals surface area (Å²) in [5, 5.41) is 10.6. The molecule has 1 saturated carbocycles. The molecule has 0 bridgehead atoms. The number of ether oxygens (including phenoxy) is 1. The number of hydrogen-bond acceptors (Lipinski definition) is 2. The fraction of sp³-hybridized carbons (Fsp3) is 0.750. The largest absolute Gasteiger partial charge is 0.508 e. The van der Waals surface area contributed by atoms with Crippen molar-refractivity contribution in [3.63, 3.8) is 0 Å². The monoisotopic (exact) mass is 358 g/mol. The molecule has 0 aromatic heterocycles. The van der Waals surface area contributed by atoms with Crippen molar-refractivity contribution in [3.05, 3.63) is 23.3 Å². The van der Waals surface area contributed by atoms with Gasteiger partial charge in [0.15, 0.2) is 0 Å². The second kappa shape index (κ2) is 8.23. The molecular formula is C24H38O2. The fourth-order valence-electron chi connectivity index (χ4n) is 5.03. The fourth-order valence-corrected chi connectivity index (χ4v) is 5.03. The molecule has 1 heterocycles. The Hall–Kier alpha value is -1.18. The van der Waals surface area contributed by atoms with Crippen LogP contribution in [0.5, 0.6) is 11.5 Å². The number of phenols is 1. The van der Waals surface area contributed by atoms with Crippen molar-refractivity contribution >= 4 is 0 Å². The highest BCUT2D eigenvalue weighted by atomic mass is 16.5. The Morgan fingerprint density at radius 2 is 1.88 bits per heavy atom. The molecule has 3 unspecified atom stereocenters. The number of phenolic OH excluding ortho intramolecular Hbond substituents is 1. The normalized spacial score (nSPS) is 27.3. The van der Waals surface area contributed by atoms with Crippen LogP contribution < -0.4 is 4.74 Å². The van der Waals surface area contributed by atoms with Crippen molar-refractivity contribution in [2.75, 3.05) is 0 Å². The molecule has 3 rings (SSSR count). The van der Waals surface area contributed by atoms with E-state index in [-0.39, 0.29) is 5.60 Å². The average Bonchev–Trinajstić information content (AvgIpc) is 2.88. The van der Waals surface area contributed by atoms with E-state index < -0.39 is 0 Å². The van der Waals surface area contributed by atoms with Gasteiger partial charge < -0.3 is 9.84 Å². The van der Waals surface area contributed by atoms with Crippen LogP contribution in [0.1, 0.15) is 103 Å². The van der Waals surface area contributed by atoms with Crippen LogP contribution in [0.15, 0.2) is 12.1 Å². The maximum Gasteiger partial charge on any atom is 0.124 e. The molecule has 2 nitrogen and oxygen atoms in total. The van der Waals surface area contributed by atoms with Crippen molar-refractivity contribution in [2.24, 2.45) is 11.8 Å². The highest BCUT2D eigenvalue weighted by Gasteiger charge is 2.49. The van der Waals surface area contributed by atoms with Gasteiger partial charge in [0.2, 0.25) is 0 Å². The molecule has 2 aliphatic rings. The summed E-state index contributed by atoms with van der Waals surface area (Å²) in [6, 6.07) is 4.17. The Morgan fingerprint density at radius 1 is 1.15 bits per heavy atom. The minimum Gasteiger partial charge on any atom is -0.508 e. The van der Waals surface area contributed by atoms with Gasteiger partial charge in [-0.2, -0.15) is 0 Å². The number of aryl methyl sites for hydroxylation is 1. The van der Waals surface area contributed by atoms with Crippen molar-refractivity contribution in [2.45, 2.75) is 103 Å². The lowest BCUT2D eigenvalue weighted by molar-refractivity contribution is 0.0285. The topological polar surface area (TPSA) is 29.5 Å². The highest BCUT2D eigenvalue weighted by molar-refractivity contribution is 5.51. The molecule has 1 fully saturated rings. The Labute approximate surface area is 160 Å². The zero-order valence-corrected chi connectivity index (χ0v) is 17.3. The van der Waals surface area contributed by atoms with Crippen LogP contribution in [0.2, 0.25) is 0 Å². The van der Waals surface area contributed by atoms with E-state index in [4.69, 9.17) is 4.74 Å². The van der Waals surface area contributed by atoms with Gasteiger partial charge in [-0.3, -0.25) is 0 Å². The van der Waals surface area contributed by atoms with E-state index in [0.29, 0.717) is 11.7 Å². The molecule has 146 valence electrons. The predicted molar refractivity (Wildman–Crippen MR) is 109 cm³/mol. The van der Waals surface area contributed by atoms with Gasteiger partial charge in [0, 0.05) is 11.5 Å². The molecule has 0 saturated heterocycles. The SMILES string of the molecule is CCCCCCCCc1cc2c(cc1O)C1CC(C(C)C)CCC1(C)O2. The first-order valence-electron chi connectivity index (χ1n) is 11.0. The third kappa shape index (κ3) is 4.05. The Balaban J connectivity index is 1.67. The van der Waals surface area contributed by atoms with Crippen LogP contribution in [0.3, 0.4) is 0 Å². The number of rotatable bonds is 8. The molecule has 0 spiro atoms. The number of fused-ring (bicyclic) bond motifs is 3. The molecule has 0 amide bonds. The van der Waals surface area contributed by atoms with E-state index in [1.807, 2.05) is 6.07 Å². The number of unbranched alkanes of at least 4 members (excludes halogenated alkanes) is 5. The molecule has 2 heteroatoms. The van der Waals surface area contributed by atoms with Gasteiger partial charge in [0.1, 0.15) is 17.1 Å². The average molecular weight is 359 g/mol. The maximum atomic E-state index is 10.6. The van der Waals surface area contributed by atoms with E-state index in [1.54, 1.807) is 0 Å². The summed E-state index contributed by atoms with van der Waals surface area (Å²) in [6.07, 6.45) is 12.2. The lowest BCUT2D eigenvalue weighted by atomic mass is 9.67. The van der Waals surface area contributed by atoms with Gasteiger partial charge in [0.05, 0.1) is 0 Å². The molecule has 0 radical (unpaired) electrons. The molecule has 1 aromatic rings. The summed E-state index contributed by atoms with van der Waals surface area (Å²) in [5.74, 6) is 3.46. The van der Waals surface area contributed by atoms with Gasteiger partial charge in [-0.25, -0.2) is 0 Å². The zero-order chi connectivity index (χ0) is 18.7. The van der Waals surface area contributed by atoms with E-state index in [9.17, 15) is 5.11 Å². The lowest BCUT2D eigenvalue weighted by Gasteiger charge is -2.40. The summed E-state index contributed by atoms with van der Waals surface area (Å²) in [5.41, 5.74) is 2.25. The Kier molecular flexibility index (Phi) is 6.20. The van der Waals surface area contributed by atoms with Crippen LogP contribution in [-0.2, 0) is 6.42 Å². The number of hydrogen-bond donors (Lipinski definition) is 1. The summed E-state index contributed by atoms with van der Waals surface area (Å²) in [4.78, 5) is 0. The van der Waals surface area contributed by atoms with Crippen molar-refractivity contribution in [1.29, 1.82) is 0 Å². The number of benzene rings is 1. The van der Waals surface area contributed by atoms with Gasteiger partial charge >= 0.3 is 0 Å². The molecule has 3 atom stereocenters. The van der Waals surface area contributed by atoms with Crippen LogP contribution in [0.25, 0.3) is 0 Å². The minimum atomic E-state index is -0.0705. The van der Waals surface area contributed by atoms with Crippen molar-refractivity contribution < 1.29 is 9.84 Å². The zero-order valence-electron chi connectivity index (χ0n) is 17.3. The Morgan fingerprint density at radius 3 is 2.62 bits per heavy atom. The third-order valence-electron chi connectivity index (χ3n) is 6.96. The first kappa shape index (κ1) is 19.6. The first-order valence-corrected chi connectivity index (χ1v) is 11.0. The molecule has 26 heavy (non-hydrogen) atoms. The van der Waals surface area contributed by atoms with E-state index in [2.05, 4.69) is 33.8 Å². The lowest BCUT2D eigenvalue weighted by Crippen LogP contribution is -2.40. The van der Waals surface area contributed by atoms with Gasteiger partial charge in [-0.1, -0.05) is 52.9 Å². The molecule has 1 aliphatic heterocycles. The minimum absolute atomic E-state index is 0.0705. The third-order valence-corrected chi connectivity index (χ3v) is 6.96. The van der Waals surface area contributed by atoms with Gasteiger partial charge in [0.25, 0.3) is 0 Å². The smallest absolute Gasteiger partial charge is 0.124 e. The predicted octanol–water partition coefficient (Wildman–Crippen LogP) is 6.99. The van der Waals surface area contributed by atoms with E-state index in [1.165, 1.54) is 50.5 Å². The van der Waals surface area contributed by atoms with Gasteiger partial charge in [-0.15, -0.1) is 0 Å². The second-order valence-electron chi connectivity index (χ2n) is 9.28. The second-order valence-corrected chi connectivity index (χ2v) is 9.28. The summed E-state index contributed by atoms with van der Waals surface area (Å²) in [6.45, 7) is 9.21. The van der Waals surface area contributed by atoms with Crippen LogP contribution in [0, 0.1) is 11.8 Å². The molecule has 1 aliphatic carbocycles. The van der Waals surface area contributed by atoms with Gasteiger partial charge in [-0.05, 0) is 68.6 Å². The Bertz CT molecular complexity index is 606. The molecular weight excluding hydrogens is 320 g/mol. The van der Waals surface area contributed by atoms with Crippen LogP contribution >= 0.6 is 0 Å². The van der Waals surface area contributed by atoms with E-state index >= 15 is 0 Å². The summed E-state index contributed by atoms with van der Waals surface area (Å²) >= 11 is 0. The number of aromatic hydroxyl groups is 1. The van der Waals surface area contributed by atoms with Crippen molar-refractivity contribution in [3.8, 4) is 11.5 Å². The van der Waals surface area contributed by atoms with Crippen molar-refractivity contribution in [1.82, 2.24) is 0 Å². The standard InChI is InChI=1S/C24H38O2/c1-5-6-7-8-9-10-11-19-15-23-20(16-22(19)25)21-14-18(17(2)3)12-13-24(21,4)26-23/h15-18,21,25H,5-14H2,1-4H3. The molecule has 1 aromatic carbocycles.